The zero-order valence-corrected chi connectivity index (χ0v) is 38.0. The van der Waals surface area contributed by atoms with Gasteiger partial charge in [0.15, 0.2) is 5.60 Å². The van der Waals surface area contributed by atoms with Crippen LogP contribution in [0.1, 0.15) is 146 Å². The Bertz CT molecular complexity index is 1540. The van der Waals surface area contributed by atoms with Gasteiger partial charge in [-0.1, -0.05) is 122 Å². The molecule has 6 aliphatic rings. The number of hydrogen-bond donors (Lipinski definition) is 1. The highest BCUT2D eigenvalue weighted by molar-refractivity contribution is 5.89. The van der Waals surface area contributed by atoms with Crippen LogP contribution in [0.5, 0.6) is 0 Å². The summed E-state index contributed by atoms with van der Waals surface area (Å²) in [6.07, 6.45) is 18.5. The van der Waals surface area contributed by atoms with Crippen LogP contribution in [0.15, 0.2) is 30.3 Å². The van der Waals surface area contributed by atoms with E-state index in [0.717, 1.165) is 45.2 Å². The lowest BCUT2D eigenvalue weighted by Crippen LogP contribution is -2.79. The summed E-state index contributed by atoms with van der Waals surface area (Å²) in [7, 11) is 7.04. The second-order valence-electron chi connectivity index (χ2n) is 19.7. The molecule has 6 fully saturated rings. The number of carbonyl (C=O) groups excluding carboxylic acids is 2. The van der Waals surface area contributed by atoms with Gasteiger partial charge < -0.3 is 33.5 Å². The summed E-state index contributed by atoms with van der Waals surface area (Å²) >= 11 is 0. The molecule has 1 saturated heterocycles. The Labute approximate surface area is 361 Å². The quantitative estimate of drug-likeness (QED) is 0.0758. The lowest BCUT2D eigenvalue weighted by Gasteiger charge is -2.69. The van der Waals surface area contributed by atoms with Crippen LogP contribution in [-0.2, 0) is 33.2 Å². The molecule has 1 spiro atoms. The second-order valence-corrected chi connectivity index (χ2v) is 19.7. The van der Waals surface area contributed by atoms with Crippen LogP contribution in [0.25, 0.3) is 0 Å². The molecule has 1 aromatic carbocycles. The SMILES string of the molecule is CCCCCCCCCCCCCCCCCC(=O)O[C@@]12[C@@H]3[C@@H](CC([C@@H](OC)[C@@H]1O)[C@@H]3OC(=O)c1ccccc1)[C@@]13C4[C@@H]2[C@H](OC)[C@@H]1[C@@](COC)(CC[C@@H]3OC)CN4CC. The average molecular weight is 838 g/mol. The van der Waals surface area contributed by atoms with Gasteiger partial charge >= 0.3 is 11.9 Å². The Morgan fingerprint density at radius 2 is 1.38 bits per heavy atom. The Morgan fingerprint density at radius 3 is 1.95 bits per heavy atom. The molecule has 1 aliphatic heterocycles. The van der Waals surface area contributed by atoms with Crippen LogP contribution in [0, 0.1) is 40.4 Å². The first-order chi connectivity index (χ1) is 29.2. The fourth-order valence-corrected chi connectivity index (χ4v) is 15.0. The number of ether oxygens (including phenoxy) is 6. The fraction of sp³-hybridized carbons (Fsp3) is 0.840. The molecule has 7 rings (SSSR count). The minimum absolute atomic E-state index is 0.0191. The van der Waals surface area contributed by atoms with E-state index in [-0.39, 0.29) is 53.8 Å². The summed E-state index contributed by atoms with van der Waals surface area (Å²) in [5, 5.41) is 13.0. The smallest absolute Gasteiger partial charge is 0.338 e. The molecule has 7 bridgehead atoms. The van der Waals surface area contributed by atoms with Crippen molar-refractivity contribution in [3.8, 4) is 0 Å². The topological polar surface area (TPSA) is 113 Å². The van der Waals surface area contributed by atoms with E-state index < -0.39 is 47.1 Å². The molecule has 0 aromatic heterocycles. The van der Waals surface area contributed by atoms with Crippen molar-refractivity contribution in [2.24, 2.45) is 40.4 Å². The predicted octanol–water partition coefficient (Wildman–Crippen LogP) is 8.80. The standard InChI is InChI=1S/C50H79NO9/c1-7-9-10-11-12-13-14-15-16-17-18-19-20-21-25-28-38(52)60-50-39-36(31-35(42(57-5)46(50)53)41(39)59-47(54)34-26-23-22-24-27-34)49-37(56-4)29-30-48(33-55-3)32-51(8-2)45(49)40(50)43(58-6)44(48)49/h22-24,26-27,35-37,39-46,53H,7-21,25,28-33H2,1-6H3/t35?,36-,37+,39-,40+,41+,42-,43+,44-,45?,46+,48+,49+,50-/m1/s1. The number of methoxy groups -OCH3 is 4. The first kappa shape index (κ1) is 45.9. The molecular formula is C50H79NO9. The van der Waals surface area contributed by atoms with E-state index in [0.29, 0.717) is 18.6 Å². The van der Waals surface area contributed by atoms with Crippen LogP contribution in [-0.4, -0.2) is 112 Å². The van der Waals surface area contributed by atoms with Gasteiger partial charge in [-0.15, -0.1) is 0 Å². The number of fused-ring (bicyclic) bond motifs is 2. The minimum Gasteiger partial charge on any atom is -0.458 e. The van der Waals surface area contributed by atoms with Gasteiger partial charge in [-0.2, -0.15) is 0 Å². The van der Waals surface area contributed by atoms with Crippen molar-refractivity contribution in [3.05, 3.63) is 35.9 Å². The molecule has 1 heterocycles. The van der Waals surface area contributed by atoms with Crippen molar-refractivity contribution in [3.63, 3.8) is 0 Å². The maximum absolute atomic E-state index is 14.6. The summed E-state index contributed by atoms with van der Waals surface area (Å²) in [4.78, 5) is 31.2. The Kier molecular flexibility index (Phi) is 15.4. The largest absolute Gasteiger partial charge is 0.458 e. The number of carbonyl (C=O) groups is 2. The summed E-state index contributed by atoms with van der Waals surface area (Å²) in [6.45, 7) is 6.68. The number of likely N-dealkylation sites (tertiary alicyclic amines) is 1. The number of unbranched alkanes of at least 4 members (excludes halogenated alkanes) is 14. The zero-order chi connectivity index (χ0) is 42.5. The molecule has 10 heteroatoms. The van der Waals surface area contributed by atoms with Crippen LogP contribution < -0.4 is 0 Å². The lowest BCUT2D eigenvalue weighted by molar-refractivity contribution is -0.304. The number of aliphatic hydroxyl groups excluding tert-OH is 1. The molecule has 0 radical (unpaired) electrons. The third-order valence-electron chi connectivity index (χ3n) is 16.9. The number of rotatable bonds is 25. The van der Waals surface area contributed by atoms with E-state index in [9.17, 15) is 14.7 Å². The maximum atomic E-state index is 14.6. The van der Waals surface area contributed by atoms with E-state index >= 15 is 0 Å². The first-order valence-electron chi connectivity index (χ1n) is 24.2. The zero-order valence-electron chi connectivity index (χ0n) is 38.0. The normalized spacial score (nSPS) is 38.5. The minimum atomic E-state index is -1.42. The molecule has 0 amide bonds. The van der Waals surface area contributed by atoms with E-state index in [2.05, 4.69) is 18.7 Å². The average Bonchev–Trinajstić information content (AvgIpc) is 3.69. The van der Waals surface area contributed by atoms with Crippen LogP contribution in [0.3, 0.4) is 0 Å². The van der Waals surface area contributed by atoms with Gasteiger partial charge in [0.05, 0.1) is 30.5 Å². The molecule has 10 nitrogen and oxygen atoms in total. The van der Waals surface area contributed by atoms with Crippen LogP contribution in [0.2, 0.25) is 0 Å². The van der Waals surface area contributed by atoms with Crippen molar-refractivity contribution in [2.45, 2.75) is 178 Å². The molecule has 60 heavy (non-hydrogen) atoms. The van der Waals surface area contributed by atoms with Crippen molar-refractivity contribution in [2.75, 3.05) is 48.1 Å². The lowest BCUT2D eigenvalue weighted by atomic mass is 9.43. The summed E-state index contributed by atoms with van der Waals surface area (Å²) in [5.41, 5.74) is -1.61. The number of aliphatic hydroxyl groups is 1. The van der Waals surface area contributed by atoms with Crippen molar-refractivity contribution >= 4 is 11.9 Å². The predicted molar refractivity (Wildman–Crippen MR) is 231 cm³/mol. The molecule has 338 valence electrons. The second kappa shape index (κ2) is 20.2. The Balaban J connectivity index is 1.14. The number of hydrogen-bond acceptors (Lipinski definition) is 10. The van der Waals surface area contributed by atoms with Crippen LogP contribution >= 0.6 is 0 Å². The number of benzene rings is 1. The maximum Gasteiger partial charge on any atom is 0.338 e. The number of piperidine rings is 1. The number of esters is 2. The highest BCUT2D eigenvalue weighted by Crippen LogP contribution is 2.80. The molecule has 5 saturated carbocycles. The van der Waals surface area contributed by atoms with Crippen LogP contribution in [0.4, 0.5) is 0 Å². The van der Waals surface area contributed by atoms with E-state index in [1.165, 1.54) is 77.0 Å². The van der Waals surface area contributed by atoms with Gasteiger partial charge in [-0.05, 0) is 50.3 Å². The van der Waals surface area contributed by atoms with E-state index in [4.69, 9.17) is 28.4 Å². The third-order valence-corrected chi connectivity index (χ3v) is 16.9. The van der Waals surface area contributed by atoms with Gasteiger partial charge in [0.25, 0.3) is 0 Å². The van der Waals surface area contributed by atoms with Crippen molar-refractivity contribution in [1.82, 2.24) is 4.90 Å². The van der Waals surface area contributed by atoms with E-state index in [1.54, 1.807) is 33.5 Å². The highest BCUT2D eigenvalue weighted by Gasteiger charge is 2.89. The first-order valence-corrected chi connectivity index (χ1v) is 24.2. The van der Waals surface area contributed by atoms with E-state index in [1.807, 2.05) is 25.3 Å². The van der Waals surface area contributed by atoms with Crippen molar-refractivity contribution < 1.29 is 43.1 Å². The summed E-state index contributed by atoms with van der Waals surface area (Å²) in [6, 6.07) is 9.02. The third kappa shape index (κ3) is 7.81. The van der Waals surface area contributed by atoms with Crippen molar-refractivity contribution in [1.29, 1.82) is 0 Å². The summed E-state index contributed by atoms with van der Waals surface area (Å²) < 4.78 is 39.5. The molecule has 2 unspecified atom stereocenters. The monoisotopic (exact) mass is 838 g/mol. The van der Waals surface area contributed by atoms with Gasteiger partial charge in [0.2, 0.25) is 0 Å². The number of nitrogens with zero attached hydrogens (tertiary/aromatic N) is 1. The summed E-state index contributed by atoms with van der Waals surface area (Å²) in [5.74, 6) is -1.99. The van der Waals surface area contributed by atoms with Gasteiger partial charge in [-0.25, -0.2) is 4.79 Å². The van der Waals surface area contributed by atoms with Gasteiger partial charge in [0, 0.05) is 81.9 Å². The Morgan fingerprint density at radius 1 is 0.767 bits per heavy atom. The van der Waals surface area contributed by atoms with Gasteiger partial charge in [-0.3, -0.25) is 9.69 Å². The molecule has 1 N–H and O–H groups in total. The highest BCUT2D eigenvalue weighted by atomic mass is 16.6. The molecule has 14 atom stereocenters. The molecule has 5 aliphatic carbocycles. The molecular weight excluding hydrogens is 759 g/mol. The Hall–Kier alpha value is -2.08. The fourth-order valence-electron chi connectivity index (χ4n) is 15.0. The molecule has 1 aromatic rings. The van der Waals surface area contributed by atoms with Gasteiger partial charge in [0.1, 0.15) is 12.2 Å².